The van der Waals surface area contributed by atoms with Crippen LogP contribution in [0.5, 0.6) is 5.75 Å². The van der Waals surface area contributed by atoms with Gasteiger partial charge in [0.05, 0.1) is 17.7 Å². The van der Waals surface area contributed by atoms with E-state index in [1.807, 2.05) is 35.9 Å². The zero-order valence-corrected chi connectivity index (χ0v) is 18.4. The number of ether oxygens (including phenoxy) is 1. The zero-order chi connectivity index (χ0) is 20.5. The Morgan fingerprint density at radius 1 is 1.10 bits per heavy atom. The molecule has 0 spiro atoms. The summed E-state index contributed by atoms with van der Waals surface area (Å²) in [5.74, 6) is 3.37. The summed E-state index contributed by atoms with van der Waals surface area (Å²) in [6.07, 6.45) is 4.87. The van der Waals surface area contributed by atoms with Gasteiger partial charge in [0.2, 0.25) is 5.89 Å². The normalized spacial score (nSPS) is 13.4. The van der Waals surface area contributed by atoms with Gasteiger partial charge in [-0.2, -0.15) is 0 Å². The molecule has 1 aliphatic carbocycles. The molecule has 1 aromatic carbocycles. The quantitative estimate of drug-likeness (QED) is 0.400. The van der Waals surface area contributed by atoms with Crippen molar-refractivity contribution in [2.45, 2.75) is 36.6 Å². The number of methoxy groups -OCH3 is 1. The van der Waals surface area contributed by atoms with E-state index in [1.54, 1.807) is 18.4 Å². The number of fused-ring (bicyclic) bond motifs is 1. The van der Waals surface area contributed by atoms with Crippen LogP contribution < -0.4 is 4.74 Å². The van der Waals surface area contributed by atoms with E-state index in [1.165, 1.54) is 41.5 Å². The lowest BCUT2D eigenvalue weighted by molar-refractivity contribution is 0.415. The molecule has 3 aromatic heterocycles. The number of thiophene rings is 1. The van der Waals surface area contributed by atoms with E-state index < -0.39 is 0 Å². The molecule has 0 radical (unpaired) electrons. The summed E-state index contributed by atoms with van der Waals surface area (Å²) in [5.41, 5.74) is 2.43. The first-order chi connectivity index (χ1) is 14.7. The Balaban J connectivity index is 1.28. The number of aromatic nitrogens is 5. The summed E-state index contributed by atoms with van der Waals surface area (Å²) in [5, 5.41) is 17.9. The van der Waals surface area contributed by atoms with Crippen LogP contribution in [0, 0.1) is 0 Å². The van der Waals surface area contributed by atoms with Crippen LogP contribution in [0.15, 0.2) is 39.9 Å². The molecule has 154 valence electrons. The number of rotatable bonds is 6. The van der Waals surface area contributed by atoms with Crippen LogP contribution in [0.25, 0.3) is 22.2 Å². The molecule has 0 saturated carbocycles. The molecule has 0 fully saturated rings. The lowest BCUT2D eigenvalue weighted by Gasteiger charge is -2.08. The van der Waals surface area contributed by atoms with E-state index in [4.69, 9.17) is 9.15 Å². The van der Waals surface area contributed by atoms with Gasteiger partial charge in [0.25, 0.3) is 5.89 Å². The van der Waals surface area contributed by atoms with E-state index in [9.17, 15) is 0 Å². The summed E-state index contributed by atoms with van der Waals surface area (Å²) >= 11 is 3.31. The minimum absolute atomic E-state index is 0.548. The highest BCUT2D eigenvalue weighted by Crippen LogP contribution is 2.35. The maximum Gasteiger partial charge on any atom is 0.257 e. The average molecular weight is 440 g/mol. The number of aryl methyl sites for hydroxylation is 2. The summed E-state index contributed by atoms with van der Waals surface area (Å²) in [6.45, 7) is 0. The van der Waals surface area contributed by atoms with Crippen molar-refractivity contribution in [2.24, 2.45) is 7.05 Å². The number of thioether (sulfide) groups is 1. The second-order valence-electron chi connectivity index (χ2n) is 7.15. The van der Waals surface area contributed by atoms with E-state index in [0.29, 0.717) is 17.5 Å². The van der Waals surface area contributed by atoms with Crippen molar-refractivity contribution in [3.63, 3.8) is 0 Å². The third-order valence-corrected chi connectivity index (χ3v) is 7.41. The van der Waals surface area contributed by atoms with Crippen molar-refractivity contribution in [3.05, 3.63) is 46.7 Å². The van der Waals surface area contributed by atoms with Gasteiger partial charge in [-0.15, -0.1) is 31.7 Å². The Morgan fingerprint density at radius 2 is 1.93 bits per heavy atom. The largest absolute Gasteiger partial charge is 0.497 e. The predicted molar refractivity (Wildman–Crippen MR) is 117 cm³/mol. The highest BCUT2D eigenvalue weighted by Gasteiger charge is 2.18. The number of hydrogen-bond donors (Lipinski definition) is 0. The first kappa shape index (κ1) is 19.3. The maximum atomic E-state index is 5.92. The van der Waals surface area contributed by atoms with Gasteiger partial charge in [-0.25, -0.2) is 0 Å². The Hall–Kier alpha value is -2.65. The molecule has 0 bridgehead atoms. The van der Waals surface area contributed by atoms with Gasteiger partial charge in [-0.05, 0) is 61.6 Å². The first-order valence-electron chi connectivity index (χ1n) is 9.82. The van der Waals surface area contributed by atoms with Crippen LogP contribution in [0.2, 0.25) is 0 Å². The molecule has 0 amide bonds. The molecule has 0 N–H and O–H groups in total. The molecule has 9 heteroatoms. The molecular weight excluding hydrogens is 418 g/mol. The van der Waals surface area contributed by atoms with Crippen molar-refractivity contribution in [3.8, 4) is 27.9 Å². The Morgan fingerprint density at radius 3 is 2.73 bits per heavy atom. The molecule has 4 aromatic rings. The molecule has 1 aliphatic rings. The van der Waals surface area contributed by atoms with Crippen LogP contribution in [-0.4, -0.2) is 32.1 Å². The Bertz CT molecular complexity index is 1140. The van der Waals surface area contributed by atoms with Crippen molar-refractivity contribution in [1.29, 1.82) is 0 Å². The molecule has 5 rings (SSSR count). The average Bonchev–Trinajstić information content (AvgIpc) is 3.50. The monoisotopic (exact) mass is 439 g/mol. The molecule has 0 aliphatic heterocycles. The van der Waals surface area contributed by atoms with E-state index in [-0.39, 0.29) is 0 Å². The highest BCUT2D eigenvalue weighted by molar-refractivity contribution is 7.98. The smallest absolute Gasteiger partial charge is 0.257 e. The van der Waals surface area contributed by atoms with Gasteiger partial charge in [0.1, 0.15) is 5.75 Å². The van der Waals surface area contributed by atoms with E-state index >= 15 is 0 Å². The first-order valence-corrected chi connectivity index (χ1v) is 11.6. The van der Waals surface area contributed by atoms with Crippen molar-refractivity contribution in [1.82, 2.24) is 25.0 Å². The molecule has 0 unspecified atom stereocenters. The zero-order valence-electron chi connectivity index (χ0n) is 16.8. The predicted octanol–water partition coefficient (Wildman–Crippen LogP) is 4.77. The molecule has 0 atom stereocenters. The molecule has 7 nitrogen and oxygen atoms in total. The Kier molecular flexibility index (Phi) is 5.30. The standard InChI is InChI=1S/C21H21N5O2S2/c1-26-19(13-7-9-15(27-2)10-8-13)23-25-21(26)29-12-18-22-24-20(28-18)17-11-14-5-3-4-6-16(14)30-17/h7-11H,3-6,12H2,1-2H3. The fourth-order valence-corrected chi connectivity index (χ4v) is 5.49. The second-order valence-corrected chi connectivity index (χ2v) is 9.23. The minimum atomic E-state index is 0.548. The van der Waals surface area contributed by atoms with Gasteiger partial charge in [-0.1, -0.05) is 11.8 Å². The van der Waals surface area contributed by atoms with E-state index in [2.05, 4.69) is 26.5 Å². The van der Waals surface area contributed by atoms with Crippen molar-refractivity contribution < 1.29 is 9.15 Å². The Labute approximate surface area is 182 Å². The lowest BCUT2D eigenvalue weighted by atomic mass is 9.99. The van der Waals surface area contributed by atoms with Crippen molar-refractivity contribution in [2.75, 3.05) is 7.11 Å². The third kappa shape index (κ3) is 3.75. The fourth-order valence-electron chi connectivity index (χ4n) is 3.57. The van der Waals surface area contributed by atoms with Gasteiger partial charge < -0.3 is 13.7 Å². The lowest BCUT2D eigenvalue weighted by Crippen LogP contribution is -1.96. The summed E-state index contributed by atoms with van der Waals surface area (Å²) in [7, 11) is 3.61. The van der Waals surface area contributed by atoms with Crippen LogP contribution >= 0.6 is 23.1 Å². The number of hydrogen-bond acceptors (Lipinski definition) is 8. The van der Waals surface area contributed by atoms with Gasteiger partial charge >= 0.3 is 0 Å². The van der Waals surface area contributed by atoms with E-state index in [0.717, 1.165) is 33.6 Å². The second kappa shape index (κ2) is 8.23. The highest BCUT2D eigenvalue weighted by atomic mass is 32.2. The van der Waals surface area contributed by atoms with Crippen LogP contribution in [-0.2, 0) is 25.6 Å². The van der Waals surface area contributed by atoms with Gasteiger partial charge in [-0.3, -0.25) is 0 Å². The van der Waals surface area contributed by atoms with Crippen LogP contribution in [0.3, 0.4) is 0 Å². The number of nitrogens with zero attached hydrogens (tertiary/aromatic N) is 5. The van der Waals surface area contributed by atoms with Crippen molar-refractivity contribution >= 4 is 23.1 Å². The third-order valence-electron chi connectivity index (χ3n) is 5.18. The SMILES string of the molecule is COc1ccc(-c2nnc(SCc3nnc(-c4cc5c(s4)CCCC5)o3)n2C)cc1. The molecule has 0 saturated heterocycles. The topological polar surface area (TPSA) is 78.9 Å². The summed E-state index contributed by atoms with van der Waals surface area (Å²) in [6, 6.07) is 10.00. The molecule has 3 heterocycles. The number of benzene rings is 1. The van der Waals surface area contributed by atoms with Gasteiger partial charge in [0.15, 0.2) is 11.0 Å². The maximum absolute atomic E-state index is 5.92. The molecule has 30 heavy (non-hydrogen) atoms. The van der Waals surface area contributed by atoms with Crippen LogP contribution in [0.4, 0.5) is 0 Å². The van der Waals surface area contributed by atoms with Gasteiger partial charge in [0, 0.05) is 17.5 Å². The fraction of sp³-hybridized carbons (Fsp3) is 0.333. The molecular formula is C21H21N5O2S2. The minimum Gasteiger partial charge on any atom is -0.497 e. The summed E-state index contributed by atoms with van der Waals surface area (Å²) in [4.78, 5) is 2.54. The van der Waals surface area contributed by atoms with Crippen LogP contribution in [0.1, 0.15) is 29.2 Å². The summed E-state index contributed by atoms with van der Waals surface area (Å²) < 4.78 is 13.1.